The number of rotatable bonds is 4. The molecule has 128 valence electrons. The zero-order valence-corrected chi connectivity index (χ0v) is 14.0. The molecule has 0 aliphatic heterocycles. The highest BCUT2D eigenvalue weighted by molar-refractivity contribution is 7.89. The minimum absolute atomic E-state index is 0.0193. The molecule has 0 bridgehead atoms. The van der Waals surface area contributed by atoms with Crippen molar-refractivity contribution in [3.05, 3.63) is 60.5 Å². The number of benzene rings is 2. The number of carbonyl (C=O) groups excluding carboxylic acids is 1. The molecule has 2 N–H and O–H groups in total. The highest BCUT2D eigenvalue weighted by Crippen LogP contribution is 2.33. The lowest BCUT2D eigenvalue weighted by Gasteiger charge is -2.03. The summed E-state index contributed by atoms with van der Waals surface area (Å²) in [7, 11) is -2.56. The molecule has 7 nitrogen and oxygen atoms in total. The van der Waals surface area contributed by atoms with Gasteiger partial charge in [0.05, 0.1) is 12.0 Å². The second-order valence-electron chi connectivity index (χ2n) is 5.12. The summed E-state index contributed by atoms with van der Waals surface area (Å²) in [5.41, 5.74) is 1.69. The van der Waals surface area contributed by atoms with Gasteiger partial charge in [0, 0.05) is 11.1 Å². The van der Waals surface area contributed by atoms with Crippen LogP contribution in [0.3, 0.4) is 0 Å². The average Bonchev–Trinajstić information content (AvgIpc) is 3.06. The minimum atomic E-state index is -3.79. The molecule has 1 heterocycles. The molecule has 8 heteroatoms. The van der Waals surface area contributed by atoms with E-state index in [1.165, 1.54) is 19.2 Å². The highest BCUT2D eigenvalue weighted by atomic mass is 32.2. The van der Waals surface area contributed by atoms with Crippen molar-refractivity contribution in [2.24, 2.45) is 5.14 Å². The molecule has 0 saturated carbocycles. The SMILES string of the molecule is COC(=O)c1nc(-c2ccc(S(N)(=O)=O)cc2)c(-c2ccccc2)o1. The number of primary sulfonamides is 1. The first-order valence-corrected chi connectivity index (χ1v) is 8.72. The molecule has 0 unspecified atom stereocenters. The van der Waals surface area contributed by atoms with Crippen molar-refractivity contribution < 1.29 is 22.4 Å². The van der Waals surface area contributed by atoms with E-state index >= 15 is 0 Å². The first kappa shape index (κ1) is 16.9. The van der Waals surface area contributed by atoms with Crippen molar-refractivity contribution >= 4 is 16.0 Å². The van der Waals surface area contributed by atoms with E-state index in [0.717, 1.165) is 5.56 Å². The fourth-order valence-electron chi connectivity index (χ4n) is 2.28. The number of hydrogen-bond acceptors (Lipinski definition) is 6. The van der Waals surface area contributed by atoms with Gasteiger partial charge in [0.1, 0.15) is 5.69 Å². The lowest BCUT2D eigenvalue weighted by atomic mass is 10.1. The number of nitrogens with zero attached hydrogens (tertiary/aromatic N) is 1. The lowest BCUT2D eigenvalue weighted by Crippen LogP contribution is -2.11. The van der Waals surface area contributed by atoms with Crippen LogP contribution in [0.4, 0.5) is 0 Å². The maximum Gasteiger partial charge on any atom is 0.394 e. The summed E-state index contributed by atoms with van der Waals surface area (Å²) in [5.74, 6) is -0.513. The first-order valence-electron chi connectivity index (χ1n) is 7.18. The monoisotopic (exact) mass is 358 g/mol. The van der Waals surface area contributed by atoms with E-state index in [2.05, 4.69) is 9.72 Å². The summed E-state index contributed by atoms with van der Waals surface area (Å²) in [6, 6.07) is 14.9. The fourth-order valence-corrected chi connectivity index (χ4v) is 2.79. The highest BCUT2D eigenvalue weighted by Gasteiger charge is 2.22. The summed E-state index contributed by atoms with van der Waals surface area (Å²) in [4.78, 5) is 15.9. The molecule has 3 rings (SSSR count). The van der Waals surface area contributed by atoms with Gasteiger partial charge in [0.15, 0.2) is 5.76 Å². The van der Waals surface area contributed by atoms with Crippen LogP contribution < -0.4 is 5.14 Å². The Morgan fingerprint density at radius 1 is 1.04 bits per heavy atom. The van der Waals surface area contributed by atoms with Crippen molar-refractivity contribution in [1.82, 2.24) is 4.98 Å². The van der Waals surface area contributed by atoms with Crippen molar-refractivity contribution in [2.75, 3.05) is 7.11 Å². The molecule has 3 aromatic rings. The predicted octanol–water partition coefficient (Wildman–Crippen LogP) is 2.44. The third kappa shape index (κ3) is 3.44. The molecule has 25 heavy (non-hydrogen) atoms. The van der Waals surface area contributed by atoms with Crippen molar-refractivity contribution in [2.45, 2.75) is 4.90 Å². The minimum Gasteiger partial charge on any atom is -0.462 e. The van der Waals surface area contributed by atoms with Crippen molar-refractivity contribution in [3.8, 4) is 22.6 Å². The first-order chi connectivity index (χ1) is 11.9. The molecule has 0 amide bonds. The quantitative estimate of drug-likeness (QED) is 0.717. The lowest BCUT2D eigenvalue weighted by molar-refractivity contribution is 0.0557. The maximum absolute atomic E-state index is 11.8. The van der Waals surface area contributed by atoms with Gasteiger partial charge in [-0.2, -0.15) is 0 Å². The predicted molar refractivity (Wildman–Crippen MR) is 90.1 cm³/mol. The van der Waals surface area contributed by atoms with Gasteiger partial charge in [-0.05, 0) is 12.1 Å². The van der Waals surface area contributed by atoms with Gasteiger partial charge in [0.25, 0.3) is 0 Å². The number of ether oxygens (including phenoxy) is 1. The molecular weight excluding hydrogens is 344 g/mol. The van der Waals surface area contributed by atoms with E-state index in [1.54, 1.807) is 12.1 Å². The topological polar surface area (TPSA) is 112 Å². The standard InChI is InChI=1S/C17H14N2O5S/c1-23-17(20)16-19-14(15(24-16)12-5-3-2-4-6-12)11-7-9-13(10-8-11)25(18,21)22/h2-10H,1H3,(H2,18,21,22). The number of carbonyl (C=O) groups is 1. The zero-order valence-electron chi connectivity index (χ0n) is 13.2. The van der Waals surface area contributed by atoms with Crippen LogP contribution in [0.5, 0.6) is 0 Å². The smallest absolute Gasteiger partial charge is 0.394 e. The number of esters is 1. The van der Waals surface area contributed by atoms with E-state index < -0.39 is 16.0 Å². The van der Waals surface area contributed by atoms with Gasteiger partial charge < -0.3 is 9.15 Å². The van der Waals surface area contributed by atoms with Crippen LogP contribution in [0.2, 0.25) is 0 Å². The Morgan fingerprint density at radius 2 is 1.68 bits per heavy atom. The van der Waals surface area contributed by atoms with E-state index in [4.69, 9.17) is 9.56 Å². The van der Waals surface area contributed by atoms with Crippen molar-refractivity contribution in [1.29, 1.82) is 0 Å². The summed E-state index contributed by atoms with van der Waals surface area (Å²) in [6.07, 6.45) is 0. The maximum atomic E-state index is 11.8. The summed E-state index contributed by atoms with van der Waals surface area (Å²) < 4.78 is 33.0. The molecule has 0 radical (unpaired) electrons. The summed E-state index contributed by atoms with van der Waals surface area (Å²) in [5, 5.41) is 5.11. The van der Waals surface area contributed by atoms with Crippen LogP contribution in [0, 0.1) is 0 Å². The van der Waals surface area contributed by atoms with Gasteiger partial charge in [-0.25, -0.2) is 23.3 Å². The van der Waals surface area contributed by atoms with E-state index in [-0.39, 0.29) is 10.8 Å². The Morgan fingerprint density at radius 3 is 2.24 bits per heavy atom. The number of methoxy groups -OCH3 is 1. The molecule has 1 aromatic heterocycles. The van der Waals surface area contributed by atoms with Crippen LogP contribution in [0.15, 0.2) is 63.9 Å². The molecule has 0 aliphatic carbocycles. The molecule has 0 fully saturated rings. The number of hydrogen-bond donors (Lipinski definition) is 1. The van der Waals surface area contributed by atoms with E-state index in [0.29, 0.717) is 17.0 Å². The molecule has 0 aliphatic rings. The number of sulfonamides is 1. The van der Waals surface area contributed by atoms with Crippen LogP contribution in [0.25, 0.3) is 22.6 Å². The zero-order chi connectivity index (χ0) is 18.0. The fraction of sp³-hybridized carbons (Fsp3) is 0.0588. The number of aromatic nitrogens is 1. The number of nitrogens with two attached hydrogens (primary N) is 1. The van der Waals surface area contributed by atoms with Crippen LogP contribution >= 0.6 is 0 Å². The van der Waals surface area contributed by atoms with Crippen molar-refractivity contribution in [3.63, 3.8) is 0 Å². The Hall–Kier alpha value is -2.97. The Kier molecular flexibility index (Phi) is 4.39. The van der Waals surface area contributed by atoms with Gasteiger partial charge in [-0.1, -0.05) is 42.5 Å². The average molecular weight is 358 g/mol. The number of oxazole rings is 1. The Labute approximate surface area is 144 Å². The Bertz CT molecular complexity index is 1010. The van der Waals surface area contributed by atoms with Gasteiger partial charge in [-0.3, -0.25) is 0 Å². The van der Waals surface area contributed by atoms with Crippen LogP contribution in [0.1, 0.15) is 10.7 Å². The molecular formula is C17H14N2O5S. The third-order valence-corrected chi connectivity index (χ3v) is 4.41. The van der Waals surface area contributed by atoms with Gasteiger partial charge in [-0.15, -0.1) is 0 Å². The Balaban J connectivity index is 2.14. The van der Waals surface area contributed by atoms with Gasteiger partial charge in [0.2, 0.25) is 10.0 Å². The van der Waals surface area contributed by atoms with E-state index in [1.807, 2.05) is 30.3 Å². The molecule has 2 aromatic carbocycles. The molecule has 0 saturated heterocycles. The molecule has 0 atom stereocenters. The van der Waals surface area contributed by atoms with Crippen LogP contribution in [-0.4, -0.2) is 26.5 Å². The molecule has 0 spiro atoms. The van der Waals surface area contributed by atoms with Gasteiger partial charge >= 0.3 is 11.9 Å². The second kappa shape index (κ2) is 6.50. The van der Waals surface area contributed by atoms with Crippen LogP contribution in [-0.2, 0) is 14.8 Å². The third-order valence-electron chi connectivity index (χ3n) is 3.48. The van der Waals surface area contributed by atoms with E-state index in [9.17, 15) is 13.2 Å². The summed E-state index contributed by atoms with van der Waals surface area (Å²) >= 11 is 0. The largest absolute Gasteiger partial charge is 0.462 e. The normalized spacial score (nSPS) is 11.3. The summed E-state index contributed by atoms with van der Waals surface area (Å²) in [6.45, 7) is 0. The second-order valence-corrected chi connectivity index (χ2v) is 6.69.